The monoisotopic (exact) mass is 154 g/mol. The highest BCUT2D eigenvalue weighted by atomic mass is 15.1. The topological polar surface area (TPSA) is 15.3 Å². The second kappa shape index (κ2) is 6.21. The summed E-state index contributed by atoms with van der Waals surface area (Å²) in [4.78, 5) is 2.17. The van der Waals surface area contributed by atoms with Gasteiger partial charge in [0.2, 0.25) is 0 Å². The van der Waals surface area contributed by atoms with Gasteiger partial charge in [0.05, 0.1) is 6.04 Å². The van der Waals surface area contributed by atoms with Gasteiger partial charge in [-0.15, -0.1) is 6.42 Å². The van der Waals surface area contributed by atoms with Crippen LogP contribution in [0.25, 0.3) is 0 Å². The van der Waals surface area contributed by atoms with Gasteiger partial charge in [0.15, 0.2) is 0 Å². The minimum Gasteiger partial charge on any atom is -0.309 e. The van der Waals surface area contributed by atoms with Crippen LogP contribution in [0, 0.1) is 12.3 Å². The SMILES string of the molecule is C#CC(C)NCCCN(C)C. The molecule has 1 N–H and O–H groups in total. The molecule has 0 fully saturated rings. The van der Waals surface area contributed by atoms with Crippen molar-refractivity contribution in [2.24, 2.45) is 0 Å². The highest BCUT2D eigenvalue weighted by Crippen LogP contribution is 1.82. The second-order valence-electron chi connectivity index (χ2n) is 3.00. The van der Waals surface area contributed by atoms with E-state index in [4.69, 9.17) is 6.42 Å². The number of terminal acetylenes is 1. The van der Waals surface area contributed by atoms with Crippen LogP contribution in [-0.2, 0) is 0 Å². The van der Waals surface area contributed by atoms with Gasteiger partial charge in [-0.2, -0.15) is 0 Å². The molecule has 0 aromatic rings. The maximum absolute atomic E-state index is 5.19. The molecule has 0 spiro atoms. The molecule has 2 nitrogen and oxygen atoms in total. The first-order valence-electron chi connectivity index (χ1n) is 4.01. The van der Waals surface area contributed by atoms with Crippen molar-refractivity contribution in [1.29, 1.82) is 0 Å². The van der Waals surface area contributed by atoms with E-state index in [0.717, 1.165) is 19.5 Å². The first-order chi connectivity index (χ1) is 5.16. The first kappa shape index (κ1) is 10.5. The van der Waals surface area contributed by atoms with Crippen molar-refractivity contribution in [3.8, 4) is 12.3 Å². The molecule has 0 saturated heterocycles. The van der Waals surface area contributed by atoms with Crippen molar-refractivity contribution in [3.63, 3.8) is 0 Å². The zero-order valence-electron chi connectivity index (χ0n) is 7.72. The van der Waals surface area contributed by atoms with E-state index in [1.807, 2.05) is 6.92 Å². The highest BCUT2D eigenvalue weighted by molar-refractivity contribution is 4.95. The van der Waals surface area contributed by atoms with Crippen LogP contribution in [0.5, 0.6) is 0 Å². The van der Waals surface area contributed by atoms with Crippen molar-refractivity contribution >= 4 is 0 Å². The van der Waals surface area contributed by atoms with Gasteiger partial charge in [-0.1, -0.05) is 5.92 Å². The van der Waals surface area contributed by atoms with Crippen LogP contribution in [0.2, 0.25) is 0 Å². The number of hydrogen-bond donors (Lipinski definition) is 1. The number of nitrogens with one attached hydrogen (secondary N) is 1. The van der Waals surface area contributed by atoms with Crippen LogP contribution in [0.1, 0.15) is 13.3 Å². The third-order valence-corrected chi connectivity index (χ3v) is 1.48. The minimum atomic E-state index is 0.206. The largest absolute Gasteiger partial charge is 0.309 e. The van der Waals surface area contributed by atoms with Crippen molar-refractivity contribution in [2.45, 2.75) is 19.4 Å². The Hall–Kier alpha value is -0.520. The summed E-state index contributed by atoms with van der Waals surface area (Å²) in [5.41, 5.74) is 0. The molecule has 0 aliphatic carbocycles. The predicted octanol–water partition coefficient (Wildman–Crippen LogP) is 0.549. The van der Waals surface area contributed by atoms with Crippen LogP contribution in [0.3, 0.4) is 0 Å². The average molecular weight is 154 g/mol. The molecule has 0 amide bonds. The fraction of sp³-hybridized carbons (Fsp3) is 0.778. The maximum Gasteiger partial charge on any atom is 0.0658 e. The molecule has 0 heterocycles. The van der Waals surface area contributed by atoms with Gasteiger partial charge in [-0.05, 0) is 40.5 Å². The van der Waals surface area contributed by atoms with Crippen molar-refractivity contribution < 1.29 is 0 Å². The highest BCUT2D eigenvalue weighted by Gasteiger charge is 1.94. The third-order valence-electron chi connectivity index (χ3n) is 1.48. The van der Waals surface area contributed by atoms with Crippen molar-refractivity contribution in [3.05, 3.63) is 0 Å². The van der Waals surface area contributed by atoms with E-state index in [1.165, 1.54) is 0 Å². The Morgan fingerprint density at radius 3 is 2.64 bits per heavy atom. The molecule has 0 bridgehead atoms. The molecule has 0 aromatic heterocycles. The molecular weight excluding hydrogens is 136 g/mol. The Morgan fingerprint density at radius 1 is 1.55 bits per heavy atom. The van der Waals surface area contributed by atoms with E-state index < -0.39 is 0 Å². The summed E-state index contributed by atoms with van der Waals surface area (Å²) in [6.07, 6.45) is 6.34. The summed E-state index contributed by atoms with van der Waals surface area (Å²) in [5, 5.41) is 3.22. The molecule has 0 radical (unpaired) electrons. The third kappa shape index (κ3) is 7.38. The lowest BCUT2D eigenvalue weighted by molar-refractivity contribution is 0.393. The first-order valence-corrected chi connectivity index (χ1v) is 4.01. The van der Waals surface area contributed by atoms with Crippen LogP contribution >= 0.6 is 0 Å². The number of nitrogens with zero attached hydrogens (tertiary/aromatic N) is 1. The smallest absolute Gasteiger partial charge is 0.0658 e. The normalized spacial score (nSPS) is 13.0. The van der Waals surface area contributed by atoms with Crippen LogP contribution in [0.15, 0.2) is 0 Å². The Balaban J connectivity index is 3.10. The fourth-order valence-corrected chi connectivity index (χ4v) is 0.773. The van der Waals surface area contributed by atoms with E-state index in [-0.39, 0.29) is 6.04 Å². The van der Waals surface area contributed by atoms with Gasteiger partial charge >= 0.3 is 0 Å². The minimum absolute atomic E-state index is 0.206. The second-order valence-corrected chi connectivity index (χ2v) is 3.00. The molecule has 0 aromatic carbocycles. The average Bonchev–Trinajstić information content (AvgIpc) is 1.97. The van der Waals surface area contributed by atoms with Crippen LogP contribution in [0.4, 0.5) is 0 Å². The Labute approximate surface area is 70.0 Å². The van der Waals surface area contributed by atoms with Gasteiger partial charge in [-0.3, -0.25) is 0 Å². The Bertz CT molecular complexity index is 124. The lowest BCUT2D eigenvalue weighted by atomic mass is 10.3. The fourth-order valence-electron chi connectivity index (χ4n) is 0.773. The molecule has 11 heavy (non-hydrogen) atoms. The maximum atomic E-state index is 5.19. The molecular formula is C9H18N2. The van der Waals surface area contributed by atoms with Gasteiger partial charge in [0.25, 0.3) is 0 Å². The molecule has 0 saturated carbocycles. The van der Waals surface area contributed by atoms with E-state index in [1.54, 1.807) is 0 Å². The molecule has 1 atom stereocenters. The summed E-state index contributed by atoms with van der Waals surface area (Å²) >= 11 is 0. The molecule has 64 valence electrons. The quantitative estimate of drug-likeness (QED) is 0.459. The summed E-state index contributed by atoms with van der Waals surface area (Å²) < 4.78 is 0. The number of rotatable bonds is 5. The summed E-state index contributed by atoms with van der Waals surface area (Å²) in [5.74, 6) is 2.63. The Kier molecular flexibility index (Phi) is 5.91. The van der Waals surface area contributed by atoms with E-state index in [0.29, 0.717) is 0 Å². The molecule has 2 heteroatoms. The van der Waals surface area contributed by atoms with Gasteiger partial charge in [0, 0.05) is 0 Å². The van der Waals surface area contributed by atoms with Crippen molar-refractivity contribution in [2.75, 3.05) is 27.2 Å². The zero-order chi connectivity index (χ0) is 8.69. The van der Waals surface area contributed by atoms with Gasteiger partial charge in [0.1, 0.15) is 0 Å². The standard InChI is InChI=1S/C9H18N2/c1-5-9(2)10-7-6-8-11(3)4/h1,9-10H,6-8H2,2-4H3. The number of hydrogen-bond acceptors (Lipinski definition) is 2. The summed E-state index contributed by atoms with van der Waals surface area (Å²) in [7, 11) is 4.15. The lowest BCUT2D eigenvalue weighted by Crippen LogP contribution is -2.27. The van der Waals surface area contributed by atoms with E-state index in [2.05, 4.69) is 30.2 Å². The molecule has 0 rings (SSSR count). The summed E-state index contributed by atoms with van der Waals surface area (Å²) in [6, 6.07) is 0.206. The molecule has 0 aliphatic heterocycles. The van der Waals surface area contributed by atoms with E-state index >= 15 is 0 Å². The summed E-state index contributed by atoms with van der Waals surface area (Å²) in [6.45, 7) is 4.11. The zero-order valence-corrected chi connectivity index (χ0v) is 7.72. The van der Waals surface area contributed by atoms with Gasteiger partial charge < -0.3 is 10.2 Å². The van der Waals surface area contributed by atoms with Crippen LogP contribution < -0.4 is 5.32 Å². The predicted molar refractivity (Wildman–Crippen MR) is 49.5 cm³/mol. The van der Waals surface area contributed by atoms with Crippen molar-refractivity contribution in [1.82, 2.24) is 10.2 Å². The molecule has 1 unspecified atom stereocenters. The van der Waals surface area contributed by atoms with Gasteiger partial charge in [-0.25, -0.2) is 0 Å². The lowest BCUT2D eigenvalue weighted by Gasteiger charge is -2.10. The van der Waals surface area contributed by atoms with Crippen LogP contribution in [-0.4, -0.2) is 38.1 Å². The Morgan fingerprint density at radius 2 is 2.18 bits per heavy atom. The van der Waals surface area contributed by atoms with E-state index in [9.17, 15) is 0 Å². The molecule has 0 aliphatic rings.